The van der Waals surface area contributed by atoms with E-state index in [1.54, 1.807) is 0 Å². The standard InChI is InChI=1S/C11H15N5O2/c1-16(2)9-5-3-8(4-6-9)7-13-15-11(18)14-10(12)17/h3-7H,1-2H3,(H4,12,14,15,17,18)/b13-7+. The largest absolute Gasteiger partial charge is 0.378 e. The maximum atomic E-state index is 10.9. The second-order valence-electron chi connectivity index (χ2n) is 3.67. The van der Waals surface area contributed by atoms with E-state index >= 15 is 0 Å². The predicted molar refractivity (Wildman–Crippen MR) is 69.6 cm³/mol. The van der Waals surface area contributed by atoms with Crippen LogP contribution >= 0.6 is 0 Å². The molecule has 7 heteroatoms. The van der Waals surface area contributed by atoms with Gasteiger partial charge in [0.15, 0.2) is 0 Å². The SMILES string of the molecule is CN(C)c1ccc(/C=N/NC(=O)NC(N)=O)cc1. The molecule has 0 aliphatic rings. The van der Waals surface area contributed by atoms with E-state index < -0.39 is 12.1 Å². The minimum Gasteiger partial charge on any atom is -0.378 e. The number of hydrazone groups is 1. The molecular formula is C11H15N5O2. The Morgan fingerprint density at radius 1 is 1.28 bits per heavy atom. The van der Waals surface area contributed by atoms with Crippen LogP contribution in [0.3, 0.4) is 0 Å². The van der Waals surface area contributed by atoms with Crippen LogP contribution < -0.4 is 21.4 Å². The van der Waals surface area contributed by atoms with E-state index in [4.69, 9.17) is 5.73 Å². The summed E-state index contributed by atoms with van der Waals surface area (Å²) in [5.41, 5.74) is 8.74. The molecule has 0 saturated heterocycles. The molecule has 0 aliphatic carbocycles. The Morgan fingerprint density at radius 2 is 1.89 bits per heavy atom. The number of urea groups is 2. The van der Waals surface area contributed by atoms with E-state index in [1.807, 2.05) is 48.6 Å². The number of hydrogen-bond acceptors (Lipinski definition) is 4. The molecule has 7 nitrogen and oxygen atoms in total. The molecule has 96 valence electrons. The third-order valence-electron chi connectivity index (χ3n) is 2.03. The highest BCUT2D eigenvalue weighted by molar-refractivity contribution is 5.93. The molecule has 0 spiro atoms. The van der Waals surface area contributed by atoms with Crippen molar-refractivity contribution in [1.29, 1.82) is 0 Å². The first kappa shape index (κ1) is 13.5. The summed E-state index contributed by atoms with van der Waals surface area (Å²) in [6, 6.07) is 5.84. The van der Waals surface area contributed by atoms with Gasteiger partial charge in [0.2, 0.25) is 0 Å². The maximum Gasteiger partial charge on any atom is 0.343 e. The number of imide groups is 1. The van der Waals surface area contributed by atoms with Crippen LogP contribution in [0.15, 0.2) is 29.4 Å². The van der Waals surface area contributed by atoms with Gasteiger partial charge < -0.3 is 10.6 Å². The van der Waals surface area contributed by atoms with Crippen LogP contribution in [-0.4, -0.2) is 32.4 Å². The molecule has 1 rings (SSSR count). The number of amides is 4. The Kier molecular flexibility index (Phi) is 4.67. The first-order valence-corrected chi connectivity index (χ1v) is 5.16. The zero-order chi connectivity index (χ0) is 13.5. The topological polar surface area (TPSA) is 99.8 Å². The number of nitrogens with zero attached hydrogens (tertiary/aromatic N) is 2. The fourth-order valence-electron chi connectivity index (χ4n) is 1.16. The fourth-order valence-corrected chi connectivity index (χ4v) is 1.16. The average molecular weight is 249 g/mol. The van der Waals surface area contributed by atoms with Crippen molar-refractivity contribution in [2.45, 2.75) is 0 Å². The minimum atomic E-state index is -0.932. The molecule has 4 amide bonds. The fraction of sp³-hybridized carbons (Fsp3) is 0.182. The Hall–Kier alpha value is -2.57. The van der Waals surface area contributed by atoms with E-state index in [9.17, 15) is 9.59 Å². The van der Waals surface area contributed by atoms with Crippen LogP contribution in [0.25, 0.3) is 0 Å². The Labute approximate surface area is 105 Å². The van der Waals surface area contributed by atoms with Crippen molar-refractivity contribution in [3.05, 3.63) is 29.8 Å². The first-order chi connectivity index (χ1) is 8.49. The predicted octanol–water partition coefficient (Wildman–Crippen LogP) is 0.464. The van der Waals surface area contributed by atoms with Gasteiger partial charge in [-0.05, 0) is 17.7 Å². The summed E-state index contributed by atoms with van der Waals surface area (Å²) in [6.07, 6.45) is 1.46. The molecule has 0 aliphatic heterocycles. The molecule has 0 saturated carbocycles. The van der Waals surface area contributed by atoms with Gasteiger partial charge in [0, 0.05) is 19.8 Å². The van der Waals surface area contributed by atoms with Crippen LogP contribution in [0.2, 0.25) is 0 Å². The first-order valence-electron chi connectivity index (χ1n) is 5.16. The number of anilines is 1. The Morgan fingerprint density at radius 3 is 2.39 bits per heavy atom. The number of primary amides is 1. The van der Waals surface area contributed by atoms with Crippen molar-refractivity contribution >= 4 is 24.0 Å². The summed E-state index contributed by atoms with van der Waals surface area (Å²) < 4.78 is 0. The van der Waals surface area contributed by atoms with Gasteiger partial charge in [-0.25, -0.2) is 15.0 Å². The van der Waals surface area contributed by atoms with E-state index in [0.717, 1.165) is 11.3 Å². The van der Waals surface area contributed by atoms with E-state index in [2.05, 4.69) is 10.5 Å². The molecule has 0 bridgehead atoms. The number of rotatable bonds is 3. The summed E-state index contributed by atoms with van der Waals surface area (Å²) in [4.78, 5) is 23.3. The normalized spacial score (nSPS) is 10.1. The van der Waals surface area contributed by atoms with Crippen molar-refractivity contribution in [3.63, 3.8) is 0 Å². The molecular weight excluding hydrogens is 234 g/mol. The maximum absolute atomic E-state index is 10.9. The molecule has 0 unspecified atom stereocenters. The van der Waals surface area contributed by atoms with Crippen LogP contribution in [0.5, 0.6) is 0 Å². The van der Waals surface area contributed by atoms with Gasteiger partial charge >= 0.3 is 12.1 Å². The number of nitrogens with two attached hydrogens (primary N) is 1. The summed E-state index contributed by atoms with van der Waals surface area (Å²) in [6.45, 7) is 0. The number of carbonyl (C=O) groups excluding carboxylic acids is 2. The molecule has 4 N–H and O–H groups in total. The lowest BCUT2D eigenvalue weighted by Gasteiger charge is -2.11. The highest BCUT2D eigenvalue weighted by Gasteiger charge is 2.00. The van der Waals surface area contributed by atoms with Gasteiger partial charge in [-0.2, -0.15) is 5.10 Å². The van der Waals surface area contributed by atoms with E-state index in [1.165, 1.54) is 6.21 Å². The zero-order valence-corrected chi connectivity index (χ0v) is 10.2. The number of hydrogen-bond donors (Lipinski definition) is 3. The lowest BCUT2D eigenvalue weighted by atomic mass is 10.2. The van der Waals surface area contributed by atoms with Gasteiger partial charge in [0.25, 0.3) is 0 Å². The lowest BCUT2D eigenvalue weighted by molar-refractivity contribution is 0.232. The molecule has 0 atom stereocenters. The summed E-state index contributed by atoms with van der Waals surface area (Å²) >= 11 is 0. The van der Waals surface area contributed by atoms with Crippen molar-refractivity contribution in [2.24, 2.45) is 10.8 Å². The third-order valence-corrected chi connectivity index (χ3v) is 2.03. The molecule has 0 fully saturated rings. The Balaban J connectivity index is 2.52. The molecule has 1 aromatic rings. The van der Waals surface area contributed by atoms with Gasteiger partial charge in [-0.15, -0.1) is 0 Å². The highest BCUT2D eigenvalue weighted by Crippen LogP contribution is 2.10. The summed E-state index contributed by atoms with van der Waals surface area (Å²) in [5.74, 6) is 0. The van der Waals surface area contributed by atoms with Gasteiger partial charge in [-0.3, -0.25) is 5.32 Å². The summed E-state index contributed by atoms with van der Waals surface area (Å²) in [5, 5.41) is 5.48. The van der Waals surface area contributed by atoms with Crippen molar-refractivity contribution in [2.75, 3.05) is 19.0 Å². The molecule has 1 aromatic carbocycles. The number of nitrogens with one attached hydrogen (secondary N) is 2. The highest BCUT2D eigenvalue weighted by atomic mass is 16.2. The van der Waals surface area contributed by atoms with Crippen LogP contribution in [-0.2, 0) is 0 Å². The molecule has 18 heavy (non-hydrogen) atoms. The van der Waals surface area contributed by atoms with Crippen molar-refractivity contribution in [1.82, 2.24) is 10.7 Å². The van der Waals surface area contributed by atoms with Crippen LogP contribution in [0, 0.1) is 0 Å². The smallest absolute Gasteiger partial charge is 0.343 e. The summed E-state index contributed by atoms with van der Waals surface area (Å²) in [7, 11) is 3.89. The average Bonchev–Trinajstić information content (AvgIpc) is 2.28. The minimum absolute atomic E-state index is 0.774. The number of benzene rings is 1. The zero-order valence-electron chi connectivity index (χ0n) is 10.2. The monoisotopic (exact) mass is 249 g/mol. The van der Waals surface area contributed by atoms with Crippen molar-refractivity contribution < 1.29 is 9.59 Å². The van der Waals surface area contributed by atoms with E-state index in [0.29, 0.717) is 0 Å². The Bertz CT molecular complexity index is 453. The molecule has 0 aromatic heterocycles. The molecule has 0 heterocycles. The van der Waals surface area contributed by atoms with Gasteiger partial charge in [0.05, 0.1) is 6.21 Å². The second-order valence-corrected chi connectivity index (χ2v) is 3.67. The van der Waals surface area contributed by atoms with Crippen LogP contribution in [0.1, 0.15) is 5.56 Å². The molecule has 0 radical (unpaired) electrons. The lowest BCUT2D eigenvalue weighted by Crippen LogP contribution is -2.40. The second kappa shape index (κ2) is 6.24. The van der Waals surface area contributed by atoms with E-state index in [-0.39, 0.29) is 0 Å². The third kappa shape index (κ3) is 4.52. The number of carbonyl (C=O) groups is 2. The quantitative estimate of drug-likeness (QED) is 0.536. The van der Waals surface area contributed by atoms with Crippen molar-refractivity contribution in [3.8, 4) is 0 Å². The van der Waals surface area contributed by atoms with Gasteiger partial charge in [0.1, 0.15) is 0 Å². The van der Waals surface area contributed by atoms with Crippen LogP contribution in [0.4, 0.5) is 15.3 Å². The van der Waals surface area contributed by atoms with Gasteiger partial charge in [-0.1, -0.05) is 12.1 Å².